The van der Waals surface area contributed by atoms with Gasteiger partial charge in [-0.2, -0.15) is 0 Å². The number of benzene rings is 2. The molecule has 0 aromatic heterocycles. The second-order valence-corrected chi connectivity index (χ2v) is 5.87. The molecule has 0 fully saturated rings. The van der Waals surface area contributed by atoms with Gasteiger partial charge in [-0.25, -0.2) is 4.39 Å². The van der Waals surface area contributed by atoms with Gasteiger partial charge >= 0.3 is 11.9 Å². The molecule has 0 N–H and O–H groups in total. The summed E-state index contributed by atoms with van der Waals surface area (Å²) in [6, 6.07) is 9.60. The van der Waals surface area contributed by atoms with Crippen LogP contribution in [0, 0.1) is 15.9 Å². The Bertz CT molecular complexity index is 837. The van der Waals surface area contributed by atoms with Gasteiger partial charge in [-0.1, -0.05) is 29.8 Å². The van der Waals surface area contributed by atoms with E-state index in [4.69, 9.17) is 21.1 Å². The fraction of sp³-hybridized carbons (Fsp3) is 0.222. The van der Waals surface area contributed by atoms with Crippen molar-refractivity contribution in [3.05, 3.63) is 69.0 Å². The molecule has 0 saturated carbocycles. The third kappa shape index (κ3) is 6.34. The number of ether oxygens (including phenoxy) is 2. The number of non-ortho nitro benzene ring substituents is 1. The minimum atomic E-state index is -0.757. The SMILES string of the molecule is O=C(CCCC(=O)Oc1c(F)cccc1Cl)OCc1cccc([N+](=O)[O-])c1. The van der Waals surface area contributed by atoms with Crippen molar-refractivity contribution in [3.8, 4) is 5.75 Å². The molecule has 0 bridgehead atoms. The lowest BCUT2D eigenvalue weighted by Crippen LogP contribution is -2.11. The van der Waals surface area contributed by atoms with Crippen LogP contribution in [0.1, 0.15) is 24.8 Å². The van der Waals surface area contributed by atoms with E-state index in [1.165, 1.54) is 30.3 Å². The molecule has 0 saturated heterocycles. The molecule has 0 heterocycles. The van der Waals surface area contributed by atoms with E-state index >= 15 is 0 Å². The van der Waals surface area contributed by atoms with Crippen LogP contribution in [0.15, 0.2) is 42.5 Å². The molecule has 142 valence electrons. The van der Waals surface area contributed by atoms with Crippen LogP contribution in [-0.4, -0.2) is 16.9 Å². The Morgan fingerprint density at radius 3 is 2.52 bits per heavy atom. The molecule has 0 aliphatic rings. The van der Waals surface area contributed by atoms with Crippen molar-refractivity contribution in [2.45, 2.75) is 25.9 Å². The van der Waals surface area contributed by atoms with Crippen LogP contribution in [0.25, 0.3) is 0 Å². The Hall–Kier alpha value is -3.00. The third-order valence-corrected chi connectivity index (χ3v) is 3.72. The van der Waals surface area contributed by atoms with E-state index in [0.717, 1.165) is 6.07 Å². The molecule has 0 aliphatic carbocycles. The molecule has 0 radical (unpaired) electrons. The van der Waals surface area contributed by atoms with Crippen LogP contribution in [-0.2, 0) is 20.9 Å². The average molecular weight is 396 g/mol. The predicted octanol–water partition coefficient (Wildman–Crippen LogP) is 4.21. The maximum absolute atomic E-state index is 13.5. The summed E-state index contributed by atoms with van der Waals surface area (Å²) in [6.45, 7) is -0.115. The first-order valence-electron chi connectivity index (χ1n) is 7.90. The van der Waals surface area contributed by atoms with E-state index in [9.17, 15) is 24.1 Å². The first kappa shape index (κ1) is 20.3. The van der Waals surface area contributed by atoms with Crippen LogP contribution in [0.5, 0.6) is 5.75 Å². The number of halogens is 2. The smallest absolute Gasteiger partial charge is 0.311 e. The number of carbonyl (C=O) groups excluding carboxylic acids is 2. The predicted molar refractivity (Wildman–Crippen MR) is 93.8 cm³/mol. The summed E-state index contributed by atoms with van der Waals surface area (Å²) >= 11 is 5.75. The highest BCUT2D eigenvalue weighted by molar-refractivity contribution is 6.32. The summed E-state index contributed by atoms with van der Waals surface area (Å²) in [4.78, 5) is 33.6. The molecule has 2 rings (SSSR count). The lowest BCUT2D eigenvalue weighted by molar-refractivity contribution is -0.384. The number of hydrogen-bond donors (Lipinski definition) is 0. The van der Waals surface area contributed by atoms with Crippen LogP contribution in [0.3, 0.4) is 0 Å². The normalized spacial score (nSPS) is 10.3. The van der Waals surface area contributed by atoms with Crippen LogP contribution in [0.2, 0.25) is 5.02 Å². The van der Waals surface area contributed by atoms with E-state index in [-0.39, 0.29) is 42.3 Å². The minimum absolute atomic E-state index is 0.0280. The molecule has 0 unspecified atom stereocenters. The van der Waals surface area contributed by atoms with Gasteiger partial charge in [-0.3, -0.25) is 19.7 Å². The zero-order valence-corrected chi connectivity index (χ0v) is 14.8. The maximum atomic E-state index is 13.5. The van der Waals surface area contributed by atoms with E-state index in [1.807, 2.05) is 0 Å². The van der Waals surface area contributed by atoms with E-state index < -0.39 is 22.7 Å². The fourth-order valence-electron chi connectivity index (χ4n) is 2.12. The quantitative estimate of drug-likeness (QED) is 0.287. The number of nitro groups is 1. The average Bonchev–Trinajstić information content (AvgIpc) is 2.63. The Balaban J connectivity index is 1.73. The molecular weight excluding hydrogens is 381 g/mol. The van der Waals surface area contributed by atoms with Crippen molar-refractivity contribution in [2.75, 3.05) is 0 Å². The molecule has 0 spiro atoms. The zero-order chi connectivity index (χ0) is 19.8. The second-order valence-electron chi connectivity index (χ2n) is 5.47. The molecular formula is C18H15ClFNO6. The number of nitro benzene ring substituents is 1. The lowest BCUT2D eigenvalue weighted by Gasteiger charge is -2.07. The number of nitrogens with zero attached hydrogens (tertiary/aromatic N) is 1. The Kier molecular flexibility index (Phi) is 7.25. The second kappa shape index (κ2) is 9.63. The first-order valence-corrected chi connectivity index (χ1v) is 8.28. The summed E-state index contributed by atoms with van der Waals surface area (Å²) in [5.41, 5.74) is 0.379. The Labute approximate surface area is 158 Å². The highest BCUT2D eigenvalue weighted by Crippen LogP contribution is 2.27. The summed E-state index contributed by atoms with van der Waals surface area (Å²) in [6.07, 6.45) is -0.0513. The van der Waals surface area contributed by atoms with Gasteiger partial charge in [-0.15, -0.1) is 0 Å². The molecule has 0 amide bonds. The number of rotatable bonds is 8. The third-order valence-electron chi connectivity index (χ3n) is 3.42. The molecule has 7 nitrogen and oxygen atoms in total. The fourth-order valence-corrected chi connectivity index (χ4v) is 2.32. The topological polar surface area (TPSA) is 95.7 Å². The Morgan fingerprint density at radius 2 is 1.81 bits per heavy atom. The van der Waals surface area contributed by atoms with E-state index in [2.05, 4.69) is 0 Å². The van der Waals surface area contributed by atoms with E-state index in [1.54, 1.807) is 6.07 Å². The molecule has 9 heteroatoms. The monoisotopic (exact) mass is 395 g/mol. The summed E-state index contributed by atoms with van der Waals surface area (Å²) in [5, 5.41) is 10.7. The van der Waals surface area contributed by atoms with Crippen LogP contribution in [0.4, 0.5) is 10.1 Å². The van der Waals surface area contributed by atoms with Crippen molar-refractivity contribution in [1.29, 1.82) is 0 Å². The van der Waals surface area contributed by atoms with Crippen molar-refractivity contribution in [2.24, 2.45) is 0 Å². The molecule has 0 aliphatic heterocycles. The standard InChI is InChI=1S/C18H15ClFNO6/c19-14-6-2-7-15(20)18(14)27-17(23)9-3-8-16(22)26-11-12-4-1-5-13(10-12)21(24)25/h1-2,4-7,10H,3,8-9,11H2. The number of carbonyl (C=O) groups is 2. The first-order chi connectivity index (χ1) is 12.9. The molecule has 2 aromatic carbocycles. The van der Waals surface area contributed by atoms with Gasteiger partial charge in [0.05, 0.1) is 9.95 Å². The molecule has 0 atom stereocenters. The highest BCUT2D eigenvalue weighted by Gasteiger charge is 2.14. The molecule has 2 aromatic rings. The maximum Gasteiger partial charge on any atom is 0.311 e. The van der Waals surface area contributed by atoms with Crippen molar-refractivity contribution < 1.29 is 28.4 Å². The summed E-state index contributed by atoms with van der Waals surface area (Å²) < 4.78 is 23.4. The van der Waals surface area contributed by atoms with Gasteiger partial charge in [0.15, 0.2) is 11.6 Å². The van der Waals surface area contributed by atoms with Gasteiger partial charge in [0.25, 0.3) is 5.69 Å². The minimum Gasteiger partial charge on any atom is -0.461 e. The van der Waals surface area contributed by atoms with Gasteiger partial charge in [0.2, 0.25) is 0 Å². The lowest BCUT2D eigenvalue weighted by atomic mass is 10.2. The molecule has 27 heavy (non-hydrogen) atoms. The largest absolute Gasteiger partial charge is 0.461 e. The van der Waals surface area contributed by atoms with Gasteiger partial charge < -0.3 is 9.47 Å². The Morgan fingerprint density at radius 1 is 1.11 bits per heavy atom. The number of hydrogen-bond acceptors (Lipinski definition) is 6. The number of esters is 2. The van der Waals surface area contributed by atoms with E-state index in [0.29, 0.717) is 5.56 Å². The van der Waals surface area contributed by atoms with Crippen molar-refractivity contribution in [3.63, 3.8) is 0 Å². The summed E-state index contributed by atoms with van der Waals surface area (Å²) in [5.74, 6) is -2.41. The van der Waals surface area contributed by atoms with Gasteiger partial charge in [0.1, 0.15) is 6.61 Å². The highest BCUT2D eigenvalue weighted by atomic mass is 35.5. The van der Waals surface area contributed by atoms with Crippen LogP contribution < -0.4 is 4.74 Å². The number of para-hydroxylation sites is 1. The van der Waals surface area contributed by atoms with Crippen molar-refractivity contribution >= 4 is 29.2 Å². The van der Waals surface area contributed by atoms with Gasteiger partial charge in [-0.05, 0) is 24.1 Å². The zero-order valence-electron chi connectivity index (χ0n) is 14.0. The van der Waals surface area contributed by atoms with Gasteiger partial charge in [0, 0.05) is 25.0 Å². The van der Waals surface area contributed by atoms with Crippen LogP contribution >= 0.6 is 11.6 Å². The summed E-state index contributed by atoms with van der Waals surface area (Å²) in [7, 11) is 0. The van der Waals surface area contributed by atoms with Crippen molar-refractivity contribution in [1.82, 2.24) is 0 Å².